The van der Waals surface area contributed by atoms with Crippen molar-refractivity contribution in [3.8, 4) is 0 Å². The smallest absolute Gasteiger partial charge is 0.164 e. The van der Waals surface area contributed by atoms with E-state index in [1.54, 1.807) is 30.0 Å². The summed E-state index contributed by atoms with van der Waals surface area (Å²) in [5.41, 5.74) is 1.88. The van der Waals surface area contributed by atoms with E-state index in [1.165, 1.54) is 0 Å². The molecule has 4 nitrogen and oxygen atoms in total. The zero-order valence-electron chi connectivity index (χ0n) is 14.0. The van der Waals surface area contributed by atoms with Gasteiger partial charge in [0.1, 0.15) is 0 Å². The molecule has 1 saturated heterocycles. The second-order valence-corrected chi connectivity index (χ2v) is 10.9. The number of hydrogen-bond donors (Lipinski definition) is 0. The molecule has 4 rings (SSSR count). The Hall–Kier alpha value is -0.920. The van der Waals surface area contributed by atoms with E-state index in [0.717, 1.165) is 16.4 Å². The predicted molar refractivity (Wildman–Crippen MR) is 115 cm³/mol. The Morgan fingerprint density at radius 2 is 1.67 bits per heavy atom. The summed E-state index contributed by atoms with van der Waals surface area (Å²) < 4.78 is 24.2. The molecule has 2 atom stereocenters. The summed E-state index contributed by atoms with van der Waals surface area (Å²) in [6.07, 6.45) is 0. The second-order valence-electron chi connectivity index (χ2n) is 6.54. The average molecular weight is 462 g/mol. The van der Waals surface area contributed by atoms with Crippen molar-refractivity contribution in [2.24, 2.45) is 4.99 Å². The van der Waals surface area contributed by atoms with Gasteiger partial charge in [0.15, 0.2) is 15.0 Å². The van der Waals surface area contributed by atoms with Gasteiger partial charge in [-0.3, -0.25) is 4.99 Å². The number of amidine groups is 1. The topological polar surface area (TPSA) is 49.7 Å². The molecule has 0 amide bonds. The van der Waals surface area contributed by atoms with Gasteiger partial charge in [-0.15, -0.1) is 0 Å². The van der Waals surface area contributed by atoms with Crippen LogP contribution in [0.3, 0.4) is 0 Å². The van der Waals surface area contributed by atoms with Crippen LogP contribution in [0.25, 0.3) is 0 Å². The van der Waals surface area contributed by atoms with Crippen molar-refractivity contribution in [1.29, 1.82) is 0 Å². The van der Waals surface area contributed by atoms with Crippen molar-refractivity contribution in [2.45, 2.75) is 17.8 Å². The average Bonchev–Trinajstić information content (AvgIpc) is 3.04. The van der Waals surface area contributed by atoms with Crippen molar-refractivity contribution in [1.82, 2.24) is 0 Å². The Morgan fingerprint density at radius 1 is 1.00 bits per heavy atom. The summed E-state index contributed by atoms with van der Waals surface area (Å²) in [5, 5.41) is 2.48. The molecule has 27 heavy (non-hydrogen) atoms. The van der Waals surface area contributed by atoms with Gasteiger partial charge in [0.25, 0.3) is 0 Å². The Balaban J connectivity index is 1.64. The minimum atomic E-state index is -3.10. The van der Waals surface area contributed by atoms with Crippen LogP contribution < -0.4 is 4.90 Å². The maximum absolute atomic E-state index is 12.1. The van der Waals surface area contributed by atoms with Crippen LogP contribution in [0, 0.1) is 0 Å². The first-order valence-electron chi connectivity index (χ1n) is 8.21. The van der Waals surface area contributed by atoms with Crippen LogP contribution in [0.5, 0.6) is 0 Å². The van der Waals surface area contributed by atoms with Crippen molar-refractivity contribution < 1.29 is 8.42 Å². The lowest BCUT2D eigenvalue weighted by molar-refractivity contribution is 0.601. The highest BCUT2D eigenvalue weighted by molar-refractivity contribution is 8.13. The third-order valence-corrected chi connectivity index (χ3v) is 7.94. The first-order chi connectivity index (χ1) is 12.8. The van der Waals surface area contributed by atoms with E-state index in [4.69, 9.17) is 39.8 Å². The molecule has 2 heterocycles. The molecule has 0 spiro atoms. The maximum atomic E-state index is 12.1. The van der Waals surface area contributed by atoms with Gasteiger partial charge in [-0.2, -0.15) is 0 Å². The Bertz CT molecular complexity index is 990. The summed E-state index contributed by atoms with van der Waals surface area (Å²) in [7, 11) is -3.10. The zero-order chi connectivity index (χ0) is 19.2. The lowest BCUT2D eigenvalue weighted by Gasteiger charge is -2.27. The molecule has 0 aromatic heterocycles. The monoisotopic (exact) mass is 460 g/mol. The van der Waals surface area contributed by atoms with Gasteiger partial charge in [0, 0.05) is 26.5 Å². The Kier molecular flexibility index (Phi) is 5.38. The molecule has 9 heteroatoms. The number of anilines is 1. The highest BCUT2D eigenvalue weighted by Gasteiger charge is 2.47. The molecule has 0 N–H and O–H groups in total. The summed E-state index contributed by atoms with van der Waals surface area (Å²) in [6, 6.07) is 12.4. The third kappa shape index (κ3) is 4.25. The molecular weight excluding hydrogens is 447 g/mol. The summed E-state index contributed by atoms with van der Waals surface area (Å²) in [4.78, 5) is 6.68. The van der Waals surface area contributed by atoms with Crippen LogP contribution in [0.4, 0.5) is 5.69 Å². The predicted octanol–water partition coefficient (Wildman–Crippen LogP) is 4.92. The van der Waals surface area contributed by atoms with Crippen LogP contribution in [0.15, 0.2) is 47.5 Å². The van der Waals surface area contributed by atoms with Crippen molar-refractivity contribution in [3.05, 3.63) is 63.1 Å². The minimum Gasteiger partial charge on any atom is -0.315 e. The van der Waals surface area contributed by atoms with Gasteiger partial charge in [-0.1, -0.05) is 58.7 Å². The SMILES string of the molecule is O=S1(=O)C[C@@H]2N=C(SCc3ccc(Cl)cc3)N(c3cc(Cl)cc(Cl)c3)[C@@H]2C1. The number of halogens is 3. The number of hydrogen-bond acceptors (Lipinski definition) is 5. The van der Waals surface area contributed by atoms with E-state index in [-0.39, 0.29) is 23.6 Å². The number of thioether (sulfide) groups is 1. The molecule has 0 unspecified atom stereocenters. The molecule has 2 aliphatic heterocycles. The van der Waals surface area contributed by atoms with Crippen LogP contribution in [-0.2, 0) is 15.6 Å². The number of benzene rings is 2. The van der Waals surface area contributed by atoms with E-state index in [1.807, 2.05) is 29.2 Å². The zero-order valence-corrected chi connectivity index (χ0v) is 17.9. The highest BCUT2D eigenvalue weighted by atomic mass is 35.5. The van der Waals surface area contributed by atoms with E-state index < -0.39 is 9.84 Å². The number of rotatable bonds is 3. The van der Waals surface area contributed by atoms with Crippen LogP contribution in [0.2, 0.25) is 15.1 Å². The third-order valence-electron chi connectivity index (χ3n) is 4.51. The summed E-state index contributed by atoms with van der Waals surface area (Å²) in [5.74, 6) is 0.858. The largest absolute Gasteiger partial charge is 0.315 e. The fourth-order valence-electron chi connectivity index (χ4n) is 3.34. The normalized spacial score (nSPS) is 23.4. The van der Waals surface area contributed by atoms with E-state index in [2.05, 4.69) is 0 Å². The van der Waals surface area contributed by atoms with Gasteiger partial charge < -0.3 is 4.90 Å². The first-order valence-corrected chi connectivity index (χ1v) is 12.2. The van der Waals surface area contributed by atoms with Crippen molar-refractivity contribution in [2.75, 3.05) is 16.4 Å². The van der Waals surface area contributed by atoms with Gasteiger partial charge in [0.2, 0.25) is 0 Å². The molecule has 0 radical (unpaired) electrons. The van der Waals surface area contributed by atoms with Crippen molar-refractivity contribution >= 4 is 67.3 Å². The lowest BCUT2D eigenvalue weighted by Crippen LogP contribution is -2.39. The van der Waals surface area contributed by atoms with Crippen molar-refractivity contribution in [3.63, 3.8) is 0 Å². The molecule has 142 valence electrons. The van der Waals surface area contributed by atoms with Crippen LogP contribution >= 0.6 is 46.6 Å². The van der Waals surface area contributed by atoms with E-state index >= 15 is 0 Å². The molecular formula is C18H15Cl3N2O2S2. The fourth-order valence-corrected chi connectivity index (χ4v) is 6.91. The molecule has 2 aliphatic rings. The van der Waals surface area contributed by atoms with Crippen LogP contribution in [-0.4, -0.2) is 37.2 Å². The molecule has 0 aliphatic carbocycles. The number of fused-ring (bicyclic) bond motifs is 1. The van der Waals surface area contributed by atoms with Gasteiger partial charge in [-0.05, 0) is 35.9 Å². The van der Waals surface area contributed by atoms with E-state index in [0.29, 0.717) is 20.8 Å². The van der Waals surface area contributed by atoms with E-state index in [9.17, 15) is 8.42 Å². The maximum Gasteiger partial charge on any atom is 0.164 e. The lowest BCUT2D eigenvalue weighted by atomic mass is 10.1. The fraction of sp³-hybridized carbons (Fsp3) is 0.278. The summed E-state index contributed by atoms with van der Waals surface area (Å²) >= 11 is 19.9. The van der Waals surface area contributed by atoms with Crippen LogP contribution in [0.1, 0.15) is 5.56 Å². The quantitative estimate of drug-likeness (QED) is 0.651. The number of aliphatic imine (C=N–C) groups is 1. The minimum absolute atomic E-state index is 0.0769. The highest BCUT2D eigenvalue weighted by Crippen LogP contribution is 2.38. The van der Waals surface area contributed by atoms with Gasteiger partial charge in [0.05, 0.1) is 23.6 Å². The molecule has 0 bridgehead atoms. The molecule has 1 fully saturated rings. The molecule has 0 saturated carbocycles. The Labute approximate surface area is 177 Å². The standard InChI is InChI=1S/C18H15Cl3N2O2S2/c19-12-3-1-11(2-4-12)8-26-18-22-16-9-27(24,25)10-17(16)23(18)15-6-13(20)5-14(21)7-15/h1-7,16-17H,8-10H2/t16-,17+/m0/s1. The Morgan fingerprint density at radius 3 is 2.33 bits per heavy atom. The molecule has 2 aromatic rings. The first kappa shape index (κ1) is 19.4. The van der Waals surface area contributed by atoms with Gasteiger partial charge >= 0.3 is 0 Å². The number of nitrogens with zero attached hydrogens (tertiary/aromatic N) is 2. The second kappa shape index (κ2) is 7.48. The molecule has 2 aromatic carbocycles. The van der Waals surface area contributed by atoms with Gasteiger partial charge in [-0.25, -0.2) is 8.42 Å². The number of sulfone groups is 1. The summed E-state index contributed by atoms with van der Waals surface area (Å²) in [6.45, 7) is 0.